The molecule has 0 aliphatic carbocycles. The van der Waals surface area contributed by atoms with Crippen molar-refractivity contribution < 1.29 is 34.7 Å². The second-order valence-corrected chi connectivity index (χ2v) is 12.4. The van der Waals surface area contributed by atoms with Crippen LogP contribution in [0.2, 0.25) is 0 Å². The van der Waals surface area contributed by atoms with Gasteiger partial charge in [0.25, 0.3) is 0 Å². The first-order valence-corrected chi connectivity index (χ1v) is 15.3. The number of ketones is 1. The van der Waals surface area contributed by atoms with Gasteiger partial charge in [-0.2, -0.15) is 16.8 Å². The third kappa shape index (κ3) is 6.77. The van der Waals surface area contributed by atoms with Crippen LogP contribution in [0, 0.1) is 0 Å². The van der Waals surface area contributed by atoms with Crippen LogP contribution in [0.3, 0.4) is 0 Å². The van der Waals surface area contributed by atoms with Crippen molar-refractivity contribution in [1.29, 1.82) is 0 Å². The number of rotatable bonds is 9. The molecule has 10 heteroatoms. The third-order valence-electron chi connectivity index (χ3n) is 6.34. The van der Waals surface area contributed by atoms with Crippen molar-refractivity contribution in [1.82, 2.24) is 0 Å². The number of hydrogen-bond acceptors (Lipinski definition) is 8. The zero-order valence-electron chi connectivity index (χ0n) is 21.3. The first kappa shape index (κ1) is 27.6. The molecule has 5 rings (SSSR count). The molecule has 0 N–H and O–H groups in total. The number of carbonyl (C=O) groups excluding carboxylic acids is 1. The summed E-state index contributed by atoms with van der Waals surface area (Å²) >= 11 is 0. The summed E-state index contributed by atoms with van der Waals surface area (Å²) in [6, 6.07) is 28.8. The van der Waals surface area contributed by atoms with Crippen LogP contribution in [0.1, 0.15) is 30.1 Å². The second kappa shape index (κ2) is 11.6. The second-order valence-electron chi connectivity index (χ2n) is 9.31. The van der Waals surface area contributed by atoms with Crippen LogP contribution in [-0.4, -0.2) is 28.7 Å². The Hall–Kier alpha value is -3.99. The summed E-state index contributed by atoms with van der Waals surface area (Å²) in [7, 11) is -7.90. The Kier molecular flexibility index (Phi) is 8.02. The fourth-order valence-corrected chi connectivity index (χ4v) is 6.30. The maximum Gasteiger partial charge on any atom is 0.339 e. The largest absolute Gasteiger partial charge is 0.379 e. The van der Waals surface area contributed by atoms with E-state index in [0.717, 1.165) is 11.1 Å². The SMILES string of the molecule is O=C1C[C@H](Cc2ccc(OS(=O)(=O)c3ccccc3)cc2)O[C@H](c2ccc(OS(=O)(=O)c3ccccc3)cc2)C1. The summed E-state index contributed by atoms with van der Waals surface area (Å²) in [6.07, 6.45) is 0.0615. The molecule has 4 aromatic rings. The molecular weight excluding hydrogens is 552 g/mol. The average Bonchev–Trinajstić information content (AvgIpc) is 2.95. The monoisotopic (exact) mass is 578 g/mol. The predicted molar refractivity (Wildman–Crippen MR) is 147 cm³/mol. The third-order valence-corrected chi connectivity index (χ3v) is 8.86. The molecule has 0 aromatic heterocycles. The van der Waals surface area contributed by atoms with Crippen LogP contribution in [0.15, 0.2) is 119 Å². The van der Waals surface area contributed by atoms with E-state index >= 15 is 0 Å². The summed E-state index contributed by atoms with van der Waals surface area (Å²) in [6.45, 7) is 0. The number of hydrogen-bond donors (Lipinski definition) is 0. The van der Waals surface area contributed by atoms with Crippen molar-refractivity contribution >= 4 is 26.0 Å². The number of benzene rings is 4. The van der Waals surface area contributed by atoms with Crippen LogP contribution in [0.4, 0.5) is 0 Å². The lowest BCUT2D eigenvalue weighted by Crippen LogP contribution is -2.30. The Morgan fingerprint density at radius 1 is 0.625 bits per heavy atom. The van der Waals surface area contributed by atoms with Crippen LogP contribution < -0.4 is 8.37 Å². The number of carbonyl (C=O) groups is 1. The molecule has 1 aliphatic rings. The van der Waals surface area contributed by atoms with Gasteiger partial charge in [-0.25, -0.2) is 0 Å². The molecule has 0 unspecified atom stereocenters. The van der Waals surface area contributed by atoms with Gasteiger partial charge in [-0.05, 0) is 66.1 Å². The maximum atomic E-state index is 12.5. The van der Waals surface area contributed by atoms with E-state index in [1.165, 1.54) is 36.4 Å². The molecule has 0 bridgehead atoms. The lowest BCUT2D eigenvalue weighted by Gasteiger charge is -2.30. The molecule has 4 aromatic carbocycles. The van der Waals surface area contributed by atoms with E-state index < -0.39 is 26.3 Å². The molecule has 206 valence electrons. The van der Waals surface area contributed by atoms with Gasteiger partial charge >= 0.3 is 20.2 Å². The average molecular weight is 579 g/mol. The van der Waals surface area contributed by atoms with Crippen molar-refractivity contribution in [2.75, 3.05) is 0 Å². The number of ether oxygens (including phenoxy) is 1. The van der Waals surface area contributed by atoms with Crippen LogP contribution in [-0.2, 0) is 36.2 Å². The molecule has 40 heavy (non-hydrogen) atoms. The minimum absolute atomic E-state index is 0.0561. The zero-order chi connectivity index (χ0) is 28.2. The fourth-order valence-electron chi connectivity index (χ4n) is 4.40. The van der Waals surface area contributed by atoms with Crippen molar-refractivity contribution in [3.63, 3.8) is 0 Å². The quantitative estimate of drug-likeness (QED) is 0.248. The molecule has 8 nitrogen and oxygen atoms in total. The van der Waals surface area contributed by atoms with E-state index in [-0.39, 0.29) is 46.0 Å². The van der Waals surface area contributed by atoms with Gasteiger partial charge in [0.15, 0.2) is 0 Å². The molecule has 0 amide bonds. The Labute approximate surface area is 233 Å². The van der Waals surface area contributed by atoms with Gasteiger partial charge in [-0.1, -0.05) is 60.7 Å². The lowest BCUT2D eigenvalue weighted by atomic mass is 9.94. The van der Waals surface area contributed by atoms with E-state index in [1.807, 2.05) is 0 Å². The first-order valence-electron chi connectivity index (χ1n) is 12.5. The van der Waals surface area contributed by atoms with Gasteiger partial charge in [0.1, 0.15) is 27.1 Å². The van der Waals surface area contributed by atoms with Gasteiger partial charge in [0, 0.05) is 12.8 Å². The molecular formula is C30H26O8S2. The maximum absolute atomic E-state index is 12.5. The van der Waals surface area contributed by atoms with Crippen molar-refractivity contribution in [3.05, 3.63) is 120 Å². The molecule has 0 saturated carbocycles. The Morgan fingerprint density at radius 2 is 1.10 bits per heavy atom. The van der Waals surface area contributed by atoms with E-state index in [1.54, 1.807) is 72.8 Å². The number of Topliss-reactive ketones (excluding diaryl/α,β-unsaturated/α-hetero) is 1. The fraction of sp³-hybridized carbons (Fsp3) is 0.167. The van der Waals surface area contributed by atoms with Crippen molar-refractivity contribution in [2.45, 2.75) is 41.3 Å². The Morgan fingerprint density at radius 3 is 1.60 bits per heavy atom. The molecule has 1 aliphatic heterocycles. The summed E-state index contributed by atoms with van der Waals surface area (Å²) in [5.41, 5.74) is 1.59. The van der Waals surface area contributed by atoms with E-state index in [4.69, 9.17) is 13.1 Å². The molecule has 2 atom stereocenters. The van der Waals surface area contributed by atoms with Crippen LogP contribution in [0.5, 0.6) is 11.5 Å². The zero-order valence-corrected chi connectivity index (χ0v) is 22.9. The van der Waals surface area contributed by atoms with E-state index in [9.17, 15) is 21.6 Å². The summed E-state index contributed by atoms with van der Waals surface area (Å²) in [5, 5.41) is 0. The van der Waals surface area contributed by atoms with Gasteiger partial charge in [0.2, 0.25) is 0 Å². The highest BCUT2D eigenvalue weighted by Gasteiger charge is 2.29. The highest BCUT2D eigenvalue weighted by molar-refractivity contribution is 7.87. The molecule has 0 spiro atoms. The van der Waals surface area contributed by atoms with E-state index in [2.05, 4.69) is 0 Å². The van der Waals surface area contributed by atoms with Crippen molar-refractivity contribution in [3.8, 4) is 11.5 Å². The minimum Gasteiger partial charge on any atom is -0.379 e. The topological polar surface area (TPSA) is 113 Å². The Bertz CT molecular complexity index is 1670. The van der Waals surface area contributed by atoms with Gasteiger partial charge in [0.05, 0.1) is 12.2 Å². The molecule has 1 saturated heterocycles. The Balaban J connectivity index is 1.21. The predicted octanol–water partition coefficient (Wildman–Crippen LogP) is 5.25. The van der Waals surface area contributed by atoms with E-state index in [0.29, 0.717) is 6.42 Å². The highest BCUT2D eigenvalue weighted by atomic mass is 32.2. The molecule has 1 heterocycles. The van der Waals surface area contributed by atoms with Crippen LogP contribution in [0.25, 0.3) is 0 Å². The smallest absolute Gasteiger partial charge is 0.339 e. The van der Waals surface area contributed by atoms with Gasteiger partial charge in [-0.15, -0.1) is 0 Å². The molecule has 0 radical (unpaired) electrons. The van der Waals surface area contributed by atoms with Gasteiger partial charge in [-0.3, -0.25) is 4.79 Å². The normalized spacial score (nSPS) is 17.8. The summed E-state index contributed by atoms with van der Waals surface area (Å²) in [5.74, 6) is 0.396. The standard InChI is InChI=1S/C30H26O8S2/c31-24-20-27(19-22-11-15-25(16-12-22)37-39(32,33)28-7-3-1-4-8-28)36-30(21-24)23-13-17-26(18-14-23)38-40(34,35)29-9-5-2-6-10-29/h1-18,27,30H,19-21H2/t27-,30-/m0/s1. The summed E-state index contributed by atoms with van der Waals surface area (Å²) in [4.78, 5) is 12.7. The highest BCUT2D eigenvalue weighted by Crippen LogP contribution is 2.32. The van der Waals surface area contributed by atoms with Gasteiger partial charge < -0.3 is 13.1 Å². The first-order chi connectivity index (χ1) is 19.2. The minimum atomic E-state index is -3.96. The molecule has 1 fully saturated rings. The van der Waals surface area contributed by atoms with Crippen LogP contribution >= 0.6 is 0 Å². The van der Waals surface area contributed by atoms with Crippen molar-refractivity contribution in [2.24, 2.45) is 0 Å². The summed E-state index contributed by atoms with van der Waals surface area (Å²) < 4.78 is 66.5. The lowest BCUT2D eigenvalue weighted by molar-refractivity contribution is -0.135.